The highest BCUT2D eigenvalue weighted by Crippen LogP contribution is 2.30. The topological polar surface area (TPSA) is 95.3 Å². The molecule has 1 amide bonds. The third-order valence-corrected chi connectivity index (χ3v) is 7.08. The van der Waals surface area contributed by atoms with Crippen LogP contribution in [-0.2, 0) is 23.0 Å². The zero-order valence-corrected chi connectivity index (χ0v) is 21.2. The van der Waals surface area contributed by atoms with E-state index < -0.39 is 5.97 Å². The van der Waals surface area contributed by atoms with E-state index >= 15 is 0 Å². The molecule has 10 heteroatoms. The quantitative estimate of drug-likeness (QED) is 0.344. The second kappa shape index (κ2) is 10.8. The molecule has 33 heavy (non-hydrogen) atoms. The first-order chi connectivity index (χ1) is 15.7. The molecule has 0 radical (unpaired) electrons. The smallest absolute Gasteiger partial charge is 0.340 e. The van der Waals surface area contributed by atoms with E-state index in [9.17, 15) is 9.59 Å². The van der Waals surface area contributed by atoms with Gasteiger partial charge in [0, 0.05) is 11.9 Å². The number of methoxy groups -OCH3 is 1. The van der Waals surface area contributed by atoms with Gasteiger partial charge in [0.25, 0.3) is 0 Å². The van der Waals surface area contributed by atoms with Gasteiger partial charge in [-0.25, -0.2) is 4.79 Å². The van der Waals surface area contributed by atoms with Crippen LogP contribution >= 0.6 is 23.1 Å². The molecule has 1 unspecified atom stereocenters. The zero-order valence-electron chi connectivity index (χ0n) is 19.6. The standard InChI is InChI=1S/C23H28N4O4S2/c1-7-17-11-18(22(29)30-6)21(33-17)24-19(28)12-32-23-26-25-20(27(23)5)15(4)31-16-9-13(2)8-14(3)10-16/h8-11,15H,7,12H2,1-6H3,(H,24,28). The molecule has 0 fully saturated rings. The lowest BCUT2D eigenvalue weighted by atomic mass is 10.1. The first-order valence-electron chi connectivity index (χ1n) is 10.5. The molecule has 2 aromatic heterocycles. The Kier molecular flexibility index (Phi) is 8.15. The molecular formula is C23H28N4O4S2. The number of aryl methyl sites for hydroxylation is 3. The van der Waals surface area contributed by atoms with Gasteiger partial charge in [-0.2, -0.15) is 0 Å². The van der Waals surface area contributed by atoms with Crippen LogP contribution in [0.3, 0.4) is 0 Å². The fourth-order valence-corrected chi connectivity index (χ4v) is 5.05. The number of thiophene rings is 1. The Balaban J connectivity index is 1.63. The maximum atomic E-state index is 12.5. The maximum absolute atomic E-state index is 12.5. The highest BCUT2D eigenvalue weighted by molar-refractivity contribution is 7.99. The van der Waals surface area contributed by atoms with Crippen LogP contribution in [0.15, 0.2) is 29.4 Å². The molecule has 3 aromatic rings. The summed E-state index contributed by atoms with van der Waals surface area (Å²) >= 11 is 2.64. The number of carbonyl (C=O) groups excluding carboxylic acids is 2. The Morgan fingerprint density at radius 1 is 1.18 bits per heavy atom. The number of aromatic nitrogens is 3. The first kappa shape index (κ1) is 24.8. The number of nitrogens with zero attached hydrogens (tertiary/aromatic N) is 3. The van der Waals surface area contributed by atoms with Crippen molar-refractivity contribution >= 4 is 40.0 Å². The summed E-state index contributed by atoms with van der Waals surface area (Å²) in [5, 5.41) is 12.4. The maximum Gasteiger partial charge on any atom is 0.340 e. The summed E-state index contributed by atoms with van der Waals surface area (Å²) in [6.07, 6.45) is 0.455. The fourth-order valence-electron chi connectivity index (χ4n) is 3.33. The van der Waals surface area contributed by atoms with Gasteiger partial charge < -0.3 is 19.4 Å². The third-order valence-electron chi connectivity index (χ3n) is 4.86. The van der Waals surface area contributed by atoms with Crippen LogP contribution < -0.4 is 10.1 Å². The molecule has 1 N–H and O–H groups in total. The molecule has 0 spiro atoms. The van der Waals surface area contributed by atoms with Crippen molar-refractivity contribution in [1.82, 2.24) is 14.8 Å². The number of esters is 1. The van der Waals surface area contributed by atoms with Gasteiger partial charge in [0.2, 0.25) is 5.91 Å². The lowest BCUT2D eigenvalue weighted by Crippen LogP contribution is -2.16. The number of rotatable bonds is 9. The molecule has 0 aliphatic rings. The monoisotopic (exact) mass is 488 g/mol. The van der Waals surface area contributed by atoms with E-state index in [1.165, 1.54) is 30.2 Å². The van der Waals surface area contributed by atoms with Crippen LogP contribution in [0.2, 0.25) is 0 Å². The van der Waals surface area contributed by atoms with Crippen LogP contribution in [0.5, 0.6) is 5.75 Å². The van der Waals surface area contributed by atoms with Crippen molar-refractivity contribution in [3.05, 3.63) is 51.7 Å². The predicted molar refractivity (Wildman–Crippen MR) is 130 cm³/mol. The van der Waals surface area contributed by atoms with E-state index in [1.54, 1.807) is 6.07 Å². The average molecular weight is 489 g/mol. The van der Waals surface area contributed by atoms with E-state index in [1.807, 2.05) is 51.4 Å². The van der Waals surface area contributed by atoms with Crippen LogP contribution in [0.25, 0.3) is 0 Å². The summed E-state index contributed by atoms with van der Waals surface area (Å²) < 4.78 is 12.7. The molecule has 0 aliphatic carbocycles. The predicted octanol–water partition coefficient (Wildman–Crippen LogP) is 4.71. The van der Waals surface area contributed by atoms with Gasteiger partial charge in [-0.15, -0.1) is 21.5 Å². The lowest BCUT2D eigenvalue weighted by molar-refractivity contribution is -0.113. The van der Waals surface area contributed by atoms with Crippen molar-refractivity contribution in [2.24, 2.45) is 7.05 Å². The number of hydrogen-bond acceptors (Lipinski definition) is 8. The number of anilines is 1. The van der Waals surface area contributed by atoms with Crippen LogP contribution in [0, 0.1) is 13.8 Å². The third kappa shape index (κ3) is 6.14. The Bertz CT molecular complexity index is 1140. The Morgan fingerprint density at radius 3 is 2.52 bits per heavy atom. The largest absolute Gasteiger partial charge is 0.483 e. The number of benzene rings is 1. The lowest BCUT2D eigenvalue weighted by Gasteiger charge is -2.15. The van der Waals surface area contributed by atoms with Gasteiger partial charge in [0.05, 0.1) is 18.4 Å². The number of ether oxygens (including phenoxy) is 2. The summed E-state index contributed by atoms with van der Waals surface area (Å²) in [5.74, 6) is 0.859. The molecule has 0 saturated carbocycles. The molecular weight excluding hydrogens is 460 g/mol. The van der Waals surface area contributed by atoms with Crippen LogP contribution in [-0.4, -0.2) is 39.5 Å². The normalized spacial score (nSPS) is 11.8. The first-order valence-corrected chi connectivity index (χ1v) is 12.3. The van der Waals surface area contributed by atoms with Crippen molar-refractivity contribution in [3.8, 4) is 5.75 Å². The van der Waals surface area contributed by atoms with Crippen LogP contribution in [0.1, 0.15) is 52.1 Å². The van der Waals surface area contributed by atoms with Crippen molar-refractivity contribution in [2.75, 3.05) is 18.2 Å². The number of hydrogen-bond donors (Lipinski definition) is 1. The minimum atomic E-state index is -0.468. The highest BCUT2D eigenvalue weighted by atomic mass is 32.2. The minimum Gasteiger partial charge on any atom is -0.483 e. The van der Waals surface area contributed by atoms with E-state index in [0.717, 1.165) is 28.2 Å². The molecule has 2 heterocycles. The van der Waals surface area contributed by atoms with Crippen LogP contribution in [0.4, 0.5) is 5.00 Å². The van der Waals surface area contributed by atoms with Gasteiger partial charge in [-0.1, -0.05) is 24.8 Å². The van der Waals surface area contributed by atoms with Gasteiger partial charge in [-0.3, -0.25) is 4.79 Å². The molecule has 0 saturated heterocycles. The SMILES string of the molecule is CCc1cc(C(=O)OC)c(NC(=O)CSc2nnc(C(C)Oc3cc(C)cc(C)c3)n2C)s1. The highest BCUT2D eigenvalue weighted by Gasteiger charge is 2.20. The van der Waals surface area contributed by atoms with Crippen molar-refractivity contribution in [1.29, 1.82) is 0 Å². The number of thioether (sulfide) groups is 1. The minimum absolute atomic E-state index is 0.123. The average Bonchev–Trinajstić information content (AvgIpc) is 3.34. The van der Waals surface area contributed by atoms with Gasteiger partial charge >= 0.3 is 5.97 Å². The molecule has 1 aromatic carbocycles. The second-order valence-corrected chi connectivity index (χ2v) is 9.70. The molecule has 0 bridgehead atoms. The molecule has 176 valence electrons. The molecule has 3 rings (SSSR count). The summed E-state index contributed by atoms with van der Waals surface area (Å²) in [4.78, 5) is 25.5. The fraction of sp³-hybridized carbons (Fsp3) is 0.391. The molecule has 1 atom stereocenters. The second-order valence-electron chi connectivity index (χ2n) is 7.62. The Morgan fingerprint density at radius 2 is 1.88 bits per heavy atom. The van der Waals surface area contributed by atoms with Gasteiger partial charge in [0.1, 0.15) is 10.8 Å². The van der Waals surface area contributed by atoms with Crippen molar-refractivity contribution < 1.29 is 19.1 Å². The van der Waals surface area contributed by atoms with E-state index in [0.29, 0.717) is 21.5 Å². The van der Waals surface area contributed by atoms with E-state index in [2.05, 4.69) is 21.6 Å². The van der Waals surface area contributed by atoms with E-state index in [4.69, 9.17) is 9.47 Å². The Labute approximate surface area is 201 Å². The van der Waals surface area contributed by atoms with Crippen molar-refractivity contribution in [2.45, 2.75) is 45.4 Å². The summed E-state index contributed by atoms with van der Waals surface area (Å²) in [5.41, 5.74) is 2.63. The molecule has 8 nitrogen and oxygen atoms in total. The van der Waals surface area contributed by atoms with Crippen molar-refractivity contribution in [3.63, 3.8) is 0 Å². The van der Waals surface area contributed by atoms with Gasteiger partial charge in [-0.05, 0) is 56.5 Å². The van der Waals surface area contributed by atoms with E-state index in [-0.39, 0.29) is 17.8 Å². The summed E-state index contributed by atoms with van der Waals surface area (Å²) in [6, 6.07) is 7.81. The zero-order chi connectivity index (χ0) is 24.1. The molecule has 0 aliphatic heterocycles. The Hall–Kier alpha value is -2.85. The summed E-state index contributed by atoms with van der Waals surface area (Å²) in [7, 11) is 3.17. The summed E-state index contributed by atoms with van der Waals surface area (Å²) in [6.45, 7) is 7.96. The number of nitrogens with one attached hydrogen (secondary N) is 1. The van der Waals surface area contributed by atoms with Gasteiger partial charge in [0.15, 0.2) is 17.1 Å². The number of carbonyl (C=O) groups is 2. The number of amides is 1.